The highest BCUT2D eigenvalue weighted by Crippen LogP contribution is 2.39. The lowest BCUT2D eigenvalue weighted by Gasteiger charge is -2.49. The largest absolute Gasteiger partial charge is 0.366 e. The molecule has 2 aromatic carbocycles. The molecule has 0 aromatic heterocycles. The van der Waals surface area contributed by atoms with Gasteiger partial charge in [-0.3, -0.25) is 14.9 Å². The second-order valence-corrected chi connectivity index (χ2v) is 7.84. The maximum absolute atomic E-state index is 12.9. The zero-order valence-corrected chi connectivity index (χ0v) is 16.9. The standard InChI is InChI=1S/C21H23ClN4O3/c1-2-23-21(27)16-12-14-11-15(26(28)29)7-8-18(14)25-10-9-24(13-20(16)25)19-6-4-3-5-17(19)22/h3-8,11,16,20H,2,9-10,12-13H2,1H3,(H,23,27). The number of nitro benzene ring substituents is 1. The summed E-state index contributed by atoms with van der Waals surface area (Å²) in [4.78, 5) is 28.2. The molecule has 1 fully saturated rings. The number of anilines is 2. The fraction of sp³-hybridized carbons (Fsp3) is 0.381. The van der Waals surface area contributed by atoms with E-state index in [0.29, 0.717) is 24.5 Å². The third-order valence-corrected chi connectivity index (χ3v) is 6.11. The number of para-hydroxylation sites is 1. The Hall–Kier alpha value is -2.80. The van der Waals surface area contributed by atoms with Crippen molar-refractivity contribution in [2.24, 2.45) is 5.92 Å². The van der Waals surface area contributed by atoms with Crippen molar-refractivity contribution in [3.05, 3.63) is 63.2 Å². The van der Waals surface area contributed by atoms with E-state index in [1.54, 1.807) is 12.1 Å². The van der Waals surface area contributed by atoms with Crippen molar-refractivity contribution < 1.29 is 9.72 Å². The monoisotopic (exact) mass is 414 g/mol. The Bertz CT molecular complexity index is 951. The molecule has 1 amide bonds. The van der Waals surface area contributed by atoms with Gasteiger partial charge in [-0.2, -0.15) is 0 Å². The van der Waals surface area contributed by atoms with Gasteiger partial charge in [0.15, 0.2) is 0 Å². The average molecular weight is 415 g/mol. The van der Waals surface area contributed by atoms with Crippen LogP contribution in [0.4, 0.5) is 17.1 Å². The normalized spacial score (nSPS) is 20.6. The van der Waals surface area contributed by atoms with Crippen LogP contribution in [0.1, 0.15) is 12.5 Å². The average Bonchev–Trinajstić information content (AvgIpc) is 2.72. The molecule has 2 aliphatic rings. The van der Waals surface area contributed by atoms with Crippen molar-refractivity contribution in [1.29, 1.82) is 0 Å². The van der Waals surface area contributed by atoms with E-state index in [-0.39, 0.29) is 28.5 Å². The molecule has 2 heterocycles. The number of carbonyl (C=O) groups is 1. The van der Waals surface area contributed by atoms with Gasteiger partial charge in [0.05, 0.1) is 27.6 Å². The first-order chi connectivity index (χ1) is 14.0. The van der Waals surface area contributed by atoms with Gasteiger partial charge in [-0.25, -0.2) is 0 Å². The van der Waals surface area contributed by atoms with Crippen molar-refractivity contribution in [3.8, 4) is 0 Å². The zero-order chi connectivity index (χ0) is 20.5. The molecule has 0 bridgehead atoms. The Balaban J connectivity index is 1.70. The smallest absolute Gasteiger partial charge is 0.269 e. The summed E-state index contributed by atoms with van der Waals surface area (Å²) in [5.41, 5.74) is 2.88. The van der Waals surface area contributed by atoms with Crippen LogP contribution in [-0.2, 0) is 11.2 Å². The van der Waals surface area contributed by atoms with Crippen molar-refractivity contribution in [2.75, 3.05) is 36.0 Å². The summed E-state index contributed by atoms with van der Waals surface area (Å²) in [6, 6.07) is 12.7. The number of hydrogen-bond acceptors (Lipinski definition) is 5. The van der Waals surface area contributed by atoms with Crippen LogP contribution >= 0.6 is 11.6 Å². The molecular formula is C21H23ClN4O3. The van der Waals surface area contributed by atoms with Gasteiger partial charge in [0.25, 0.3) is 5.69 Å². The Morgan fingerprint density at radius 3 is 2.76 bits per heavy atom. The number of rotatable bonds is 4. The number of hydrogen-bond donors (Lipinski definition) is 1. The highest BCUT2D eigenvalue weighted by Gasteiger charge is 2.42. The summed E-state index contributed by atoms with van der Waals surface area (Å²) in [6.07, 6.45) is 0.486. The SMILES string of the molecule is CCNC(=O)C1Cc2cc([N+](=O)[O-])ccc2N2CCN(c3ccccc3Cl)CC12. The minimum absolute atomic E-state index is 0.0133. The maximum Gasteiger partial charge on any atom is 0.269 e. The molecule has 2 unspecified atom stereocenters. The molecule has 0 aliphatic carbocycles. The van der Waals surface area contributed by atoms with Crippen molar-refractivity contribution >= 4 is 34.6 Å². The summed E-state index contributed by atoms with van der Waals surface area (Å²) in [7, 11) is 0. The summed E-state index contributed by atoms with van der Waals surface area (Å²) in [6.45, 7) is 4.60. The van der Waals surface area contributed by atoms with Gasteiger partial charge in [-0.1, -0.05) is 23.7 Å². The Morgan fingerprint density at radius 2 is 2.03 bits per heavy atom. The lowest BCUT2D eigenvalue weighted by atomic mass is 9.83. The molecule has 8 heteroatoms. The van der Waals surface area contributed by atoms with Crippen molar-refractivity contribution in [3.63, 3.8) is 0 Å². The van der Waals surface area contributed by atoms with E-state index in [1.165, 1.54) is 0 Å². The van der Waals surface area contributed by atoms with Gasteiger partial charge in [0.2, 0.25) is 5.91 Å². The number of nitrogens with zero attached hydrogens (tertiary/aromatic N) is 3. The first kappa shape index (κ1) is 19.5. The van der Waals surface area contributed by atoms with Crippen LogP contribution in [0.25, 0.3) is 0 Å². The molecule has 4 rings (SSSR count). The highest BCUT2D eigenvalue weighted by molar-refractivity contribution is 6.33. The van der Waals surface area contributed by atoms with E-state index in [9.17, 15) is 14.9 Å². The first-order valence-electron chi connectivity index (χ1n) is 9.80. The minimum atomic E-state index is -0.386. The molecule has 29 heavy (non-hydrogen) atoms. The second-order valence-electron chi connectivity index (χ2n) is 7.43. The summed E-state index contributed by atoms with van der Waals surface area (Å²) in [5, 5.41) is 14.8. The predicted molar refractivity (Wildman–Crippen MR) is 114 cm³/mol. The van der Waals surface area contributed by atoms with Crippen LogP contribution in [0.3, 0.4) is 0 Å². The summed E-state index contributed by atoms with van der Waals surface area (Å²) >= 11 is 6.41. The van der Waals surface area contributed by atoms with Crippen LogP contribution in [-0.4, -0.2) is 43.1 Å². The molecule has 0 spiro atoms. The topological polar surface area (TPSA) is 78.7 Å². The molecule has 0 saturated carbocycles. The van der Waals surface area contributed by atoms with Gasteiger partial charge in [0, 0.05) is 44.0 Å². The highest BCUT2D eigenvalue weighted by atomic mass is 35.5. The fourth-order valence-electron chi connectivity index (χ4n) is 4.46. The predicted octanol–water partition coefficient (Wildman–Crippen LogP) is 3.25. The van der Waals surface area contributed by atoms with Crippen LogP contribution in [0.15, 0.2) is 42.5 Å². The molecular weight excluding hydrogens is 392 g/mol. The number of nitrogens with one attached hydrogen (secondary N) is 1. The lowest BCUT2D eigenvalue weighted by molar-refractivity contribution is -0.384. The third-order valence-electron chi connectivity index (χ3n) is 5.79. The Labute approximate surface area is 174 Å². The zero-order valence-electron chi connectivity index (χ0n) is 16.2. The number of nitro groups is 1. The van der Waals surface area contributed by atoms with Crippen LogP contribution in [0, 0.1) is 16.0 Å². The van der Waals surface area contributed by atoms with Gasteiger partial charge < -0.3 is 15.1 Å². The summed E-state index contributed by atoms with van der Waals surface area (Å²) < 4.78 is 0. The van der Waals surface area contributed by atoms with E-state index < -0.39 is 0 Å². The number of halogens is 1. The number of amides is 1. The molecule has 7 nitrogen and oxygen atoms in total. The van der Waals surface area contributed by atoms with Gasteiger partial charge >= 0.3 is 0 Å². The van der Waals surface area contributed by atoms with Crippen molar-refractivity contribution in [2.45, 2.75) is 19.4 Å². The third kappa shape index (κ3) is 3.62. The van der Waals surface area contributed by atoms with Crippen LogP contribution in [0.5, 0.6) is 0 Å². The molecule has 152 valence electrons. The quantitative estimate of drug-likeness (QED) is 0.613. The summed E-state index contributed by atoms with van der Waals surface area (Å²) in [5.74, 6) is -0.296. The molecule has 1 saturated heterocycles. The lowest BCUT2D eigenvalue weighted by Crippen LogP contribution is -2.61. The van der Waals surface area contributed by atoms with Gasteiger partial charge in [-0.15, -0.1) is 0 Å². The number of non-ortho nitro benzene ring substituents is 1. The van der Waals surface area contributed by atoms with Crippen LogP contribution in [0.2, 0.25) is 5.02 Å². The van der Waals surface area contributed by atoms with Gasteiger partial charge in [0.1, 0.15) is 0 Å². The number of carbonyl (C=O) groups excluding carboxylic acids is 1. The van der Waals surface area contributed by atoms with Gasteiger partial charge in [-0.05, 0) is 37.1 Å². The Kier molecular flexibility index (Phi) is 5.32. The van der Waals surface area contributed by atoms with E-state index in [4.69, 9.17) is 11.6 Å². The number of piperazine rings is 1. The number of fused-ring (bicyclic) bond motifs is 3. The molecule has 2 atom stereocenters. The van der Waals surface area contributed by atoms with E-state index in [0.717, 1.165) is 30.0 Å². The minimum Gasteiger partial charge on any atom is -0.366 e. The maximum atomic E-state index is 12.9. The molecule has 2 aromatic rings. The first-order valence-corrected chi connectivity index (χ1v) is 10.2. The second kappa shape index (κ2) is 7.91. The fourth-order valence-corrected chi connectivity index (χ4v) is 4.71. The molecule has 1 N–H and O–H groups in total. The van der Waals surface area contributed by atoms with E-state index >= 15 is 0 Å². The number of benzene rings is 2. The molecule has 2 aliphatic heterocycles. The van der Waals surface area contributed by atoms with E-state index in [2.05, 4.69) is 15.1 Å². The van der Waals surface area contributed by atoms with E-state index in [1.807, 2.05) is 37.3 Å². The molecule has 0 radical (unpaired) electrons. The Morgan fingerprint density at radius 1 is 1.24 bits per heavy atom. The van der Waals surface area contributed by atoms with Crippen LogP contribution < -0.4 is 15.1 Å². The van der Waals surface area contributed by atoms with Crippen molar-refractivity contribution in [1.82, 2.24) is 5.32 Å².